The lowest BCUT2D eigenvalue weighted by molar-refractivity contribution is 0.856. The van der Waals surface area contributed by atoms with Gasteiger partial charge < -0.3 is 5.84 Å². The molecule has 0 saturated carbocycles. The summed E-state index contributed by atoms with van der Waals surface area (Å²) in [5.41, 5.74) is 1.15. The lowest BCUT2D eigenvalue weighted by atomic mass is 10.3. The number of aromatic nitrogens is 3. The normalized spacial score (nSPS) is 10.6. The molecule has 0 saturated heterocycles. The molecule has 0 aliphatic carbocycles. The molecule has 2 N–H and O–H groups in total. The Kier molecular flexibility index (Phi) is 2.01. The van der Waals surface area contributed by atoms with E-state index < -0.39 is 0 Å². The number of nitrogens with two attached hydrogens (primary N) is 1. The van der Waals surface area contributed by atoms with Crippen LogP contribution in [0.1, 0.15) is 5.56 Å². The van der Waals surface area contributed by atoms with Crippen LogP contribution in [0.2, 0.25) is 0 Å². The number of thiol groups is 1. The van der Waals surface area contributed by atoms with E-state index in [1.165, 1.54) is 4.68 Å². The van der Waals surface area contributed by atoms with Crippen LogP contribution in [0, 0.1) is 6.92 Å². The van der Waals surface area contributed by atoms with Crippen LogP contribution in [0.4, 0.5) is 0 Å². The van der Waals surface area contributed by atoms with Gasteiger partial charge in [0.05, 0.1) is 4.88 Å². The molecular weight excluding hydrogens is 204 g/mol. The highest BCUT2D eigenvalue weighted by atomic mass is 32.1. The van der Waals surface area contributed by atoms with E-state index in [0.717, 1.165) is 10.4 Å². The van der Waals surface area contributed by atoms with E-state index in [-0.39, 0.29) is 0 Å². The zero-order valence-electron chi connectivity index (χ0n) is 6.93. The van der Waals surface area contributed by atoms with Gasteiger partial charge in [-0.25, -0.2) is 4.68 Å². The van der Waals surface area contributed by atoms with E-state index in [2.05, 4.69) is 22.8 Å². The number of nitrogen functional groups attached to an aromatic ring is 1. The quantitative estimate of drug-likeness (QED) is 0.553. The van der Waals surface area contributed by atoms with Crippen LogP contribution in [-0.4, -0.2) is 14.9 Å². The van der Waals surface area contributed by atoms with Crippen LogP contribution in [0.3, 0.4) is 0 Å². The second-order valence-corrected chi connectivity index (χ2v) is 3.94. The average Bonchev–Trinajstić information content (AvgIpc) is 2.62. The Balaban J connectivity index is 2.59. The van der Waals surface area contributed by atoms with Crippen molar-refractivity contribution in [3.63, 3.8) is 0 Å². The minimum Gasteiger partial charge on any atom is -0.335 e. The third kappa shape index (κ3) is 1.31. The molecule has 0 unspecified atom stereocenters. The molecule has 2 aromatic heterocycles. The molecule has 0 aromatic carbocycles. The third-order valence-electron chi connectivity index (χ3n) is 1.74. The molecule has 0 atom stereocenters. The zero-order chi connectivity index (χ0) is 9.42. The Bertz CT molecular complexity index is 431. The minimum absolute atomic E-state index is 0.419. The van der Waals surface area contributed by atoms with Gasteiger partial charge in [-0.1, -0.05) is 0 Å². The number of nitrogens with zero attached hydrogens (tertiary/aromatic N) is 3. The first-order chi connectivity index (χ1) is 6.20. The van der Waals surface area contributed by atoms with E-state index in [4.69, 9.17) is 5.84 Å². The van der Waals surface area contributed by atoms with Gasteiger partial charge in [0.2, 0.25) is 5.16 Å². The Labute approximate surface area is 84.8 Å². The molecule has 0 fully saturated rings. The van der Waals surface area contributed by atoms with E-state index in [1.54, 1.807) is 11.3 Å². The fraction of sp³-hybridized carbons (Fsp3) is 0.143. The summed E-state index contributed by atoms with van der Waals surface area (Å²) >= 11 is 5.65. The number of aryl methyl sites for hydroxylation is 1. The molecule has 0 spiro atoms. The van der Waals surface area contributed by atoms with Crippen LogP contribution in [0.5, 0.6) is 0 Å². The van der Waals surface area contributed by atoms with Crippen molar-refractivity contribution >= 4 is 24.0 Å². The van der Waals surface area contributed by atoms with E-state index in [0.29, 0.717) is 11.0 Å². The van der Waals surface area contributed by atoms with Crippen LogP contribution < -0.4 is 5.84 Å². The highest BCUT2D eigenvalue weighted by Gasteiger charge is 2.11. The monoisotopic (exact) mass is 212 g/mol. The van der Waals surface area contributed by atoms with Crippen molar-refractivity contribution in [2.45, 2.75) is 12.1 Å². The molecule has 0 aliphatic heterocycles. The first-order valence-electron chi connectivity index (χ1n) is 3.64. The molecule has 68 valence electrons. The molecule has 2 rings (SSSR count). The molecule has 4 nitrogen and oxygen atoms in total. The molecule has 13 heavy (non-hydrogen) atoms. The van der Waals surface area contributed by atoms with Crippen molar-refractivity contribution in [1.29, 1.82) is 0 Å². The van der Waals surface area contributed by atoms with E-state index in [1.807, 2.05) is 18.4 Å². The van der Waals surface area contributed by atoms with Crippen LogP contribution in [0.25, 0.3) is 10.7 Å². The summed E-state index contributed by atoms with van der Waals surface area (Å²) in [6.45, 7) is 2.01. The Morgan fingerprint density at radius 2 is 2.31 bits per heavy atom. The maximum atomic E-state index is 5.68. The second-order valence-electron chi connectivity index (χ2n) is 2.63. The molecule has 0 amide bonds. The minimum atomic E-state index is 0.419. The highest BCUT2D eigenvalue weighted by molar-refractivity contribution is 7.80. The fourth-order valence-corrected chi connectivity index (χ4v) is 2.09. The lowest BCUT2D eigenvalue weighted by Crippen LogP contribution is -2.10. The molecule has 0 bridgehead atoms. The largest absolute Gasteiger partial charge is 0.335 e. The predicted octanol–water partition coefficient (Wildman–Crippen LogP) is 1.32. The predicted molar refractivity (Wildman–Crippen MR) is 55.5 cm³/mol. The van der Waals surface area contributed by atoms with E-state index in [9.17, 15) is 0 Å². The average molecular weight is 212 g/mol. The second kappa shape index (κ2) is 3.04. The number of hydrogen-bond donors (Lipinski definition) is 2. The van der Waals surface area contributed by atoms with Crippen LogP contribution in [-0.2, 0) is 0 Å². The molecule has 2 aromatic rings. The van der Waals surface area contributed by atoms with Gasteiger partial charge in [-0.05, 0) is 23.9 Å². The van der Waals surface area contributed by atoms with Gasteiger partial charge in [-0.2, -0.15) is 0 Å². The standard InChI is InChI=1S/C7H8N4S2/c1-4-2-3-13-5(4)6-9-10-7(12)11(6)8/h2-3H,8H2,1H3,(H,10,12). The summed E-state index contributed by atoms with van der Waals surface area (Å²) in [5.74, 6) is 6.35. The number of hydrogen-bond acceptors (Lipinski definition) is 5. The maximum absolute atomic E-state index is 5.68. The summed E-state index contributed by atoms with van der Waals surface area (Å²) in [4.78, 5) is 1.04. The SMILES string of the molecule is Cc1ccsc1-c1nnc(S)n1N. The van der Waals surface area contributed by atoms with Crippen molar-refractivity contribution in [2.75, 3.05) is 5.84 Å². The number of thiophene rings is 1. The van der Waals surface area contributed by atoms with Crippen LogP contribution in [0.15, 0.2) is 16.6 Å². The molecule has 0 radical (unpaired) electrons. The maximum Gasteiger partial charge on any atom is 0.207 e. The first-order valence-corrected chi connectivity index (χ1v) is 4.96. The van der Waals surface area contributed by atoms with Gasteiger partial charge in [-0.15, -0.1) is 34.2 Å². The van der Waals surface area contributed by atoms with Gasteiger partial charge in [0, 0.05) is 0 Å². The summed E-state index contributed by atoms with van der Waals surface area (Å²) in [5, 5.41) is 10.1. The van der Waals surface area contributed by atoms with Crippen molar-refractivity contribution in [1.82, 2.24) is 14.9 Å². The third-order valence-corrected chi connectivity index (χ3v) is 3.06. The lowest BCUT2D eigenvalue weighted by Gasteiger charge is -1.98. The smallest absolute Gasteiger partial charge is 0.207 e. The highest BCUT2D eigenvalue weighted by Crippen LogP contribution is 2.27. The summed E-state index contributed by atoms with van der Waals surface area (Å²) in [7, 11) is 0. The summed E-state index contributed by atoms with van der Waals surface area (Å²) in [6.07, 6.45) is 0. The topological polar surface area (TPSA) is 56.7 Å². The van der Waals surface area contributed by atoms with Gasteiger partial charge in [0.1, 0.15) is 0 Å². The molecule has 6 heteroatoms. The Morgan fingerprint density at radius 3 is 2.77 bits per heavy atom. The molecular formula is C7H8N4S2. The first kappa shape index (κ1) is 8.58. The van der Waals surface area contributed by atoms with Crippen molar-refractivity contribution in [3.8, 4) is 10.7 Å². The Morgan fingerprint density at radius 1 is 1.54 bits per heavy atom. The van der Waals surface area contributed by atoms with Crippen LogP contribution >= 0.6 is 24.0 Å². The van der Waals surface area contributed by atoms with Gasteiger partial charge in [-0.3, -0.25) is 0 Å². The van der Waals surface area contributed by atoms with Crippen molar-refractivity contribution in [3.05, 3.63) is 17.0 Å². The molecule has 0 aliphatic rings. The summed E-state index contributed by atoms with van der Waals surface area (Å²) in [6, 6.07) is 2.02. The van der Waals surface area contributed by atoms with Crippen molar-refractivity contribution < 1.29 is 0 Å². The number of rotatable bonds is 1. The van der Waals surface area contributed by atoms with Crippen molar-refractivity contribution in [2.24, 2.45) is 0 Å². The zero-order valence-corrected chi connectivity index (χ0v) is 8.64. The van der Waals surface area contributed by atoms with Gasteiger partial charge >= 0.3 is 0 Å². The van der Waals surface area contributed by atoms with Gasteiger partial charge in [0.25, 0.3) is 0 Å². The summed E-state index contributed by atoms with van der Waals surface area (Å²) < 4.78 is 1.38. The van der Waals surface area contributed by atoms with E-state index >= 15 is 0 Å². The molecule has 2 heterocycles. The Hall–Kier alpha value is -1.01. The fourth-order valence-electron chi connectivity index (χ4n) is 1.04. The van der Waals surface area contributed by atoms with Gasteiger partial charge in [0.15, 0.2) is 5.82 Å².